The van der Waals surface area contributed by atoms with Crippen LogP contribution in [0.5, 0.6) is 0 Å². The predicted octanol–water partition coefficient (Wildman–Crippen LogP) is 2.66. The van der Waals surface area contributed by atoms with E-state index in [0.717, 1.165) is 57.1 Å². The van der Waals surface area contributed by atoms with Gasteiger partial charge < -0.3 is 24.4 Å². The minimum absolute atomic E-state index is 0.249. The third-order valence-corrected chi connectivity index (χ3v) is 5.96. The zero-order valence-corrected chi connectivity index (χ0v) is 18.3. The number of nitrogens with zero attached hydrogens (tertiary/aromatic N) is 4. The van der Waals surface area contributed by atoms with Gasteiger partial charge in [0, 0.05) is 25.5 Å². The molecule has 0 amide bonds. The molecule has 1 aromatic rings. The summed E-state index contributed by atoms with van der Waals surface area (Å²) in [6.07, 6.45) is 5.21. The first-order chi connectivity index (χ1) is 15.2. The standard InChI is InChI=1S/C19H30N4O2.C2HF3O2/c1-15-12-20-19(21-13-15)23-9-6-18-17(23)5-4-16(25-18)14-24-11-10-22-7-2-3-8-22;3-2(4,5)1(6)7/h12-13,16-18H,2-11,14H2,1H3;(H,6,7)/t16-,17+,18+;/m1./s1. The van der Waals surface area contributed by atoms with E-state index in [1.165, 1.54) is 25.9 Å². The number of carboxylic acids is 1. The normalized spacial score (nSPS) is 25.9. The maximum atomic E-state index is 10.6. The molecule has 8 nitrogen and oxygen atoms in total. The molecule has 1 aromatic heterocycles. The molecular formula is C21H31F3N4O4. The van der Waals surface area contributed by atoms with Gasteiger partial charge in [-0.2, -0.15) is 13.2 Å². The summed E-state index contributed by atoms with van der Waals surface area (Å²) in [5.41, 5.74) is 1.10. The first-order valence-electron chi connectivity index (χ1n) is 11.0. The Balaban J connectivity index is 0.000000360. The van der Waals surface area contributed by atoms with Gasteiger partial charge in [-0.25, -0.2) is 14.8 Å². The van der Waals surface area contributed by atoms with E-state index < -0.39 is 12.1 Å². The highest BCUT2D eigenvalue weighted by Crippen LogP contribution is 2.33. The molecule has 0 saturated carbocycles. The molecule has 0 aliphatic carbocycles. The van der Waals surface area contributed by atoms with Crippen molar-refractivity contribution < 1.29 is 32.5 Å². The van der Waals surface area contributed by atoms with Gasteiger partial charge in [0.15, 0.2) is 0 Å². The molecule has 11 heteroatoms. The molecule has 3 fully saturated rings. The van der Waals surface area contributed by atoms with E-state index in [-0.39, 0.29) is 6.10 Å². The van der Waals surface area contributed by atoms with Gasteiger partial charge in [-0.3, -0.25) is 0 Å². The average Bonchev–Trinajstić information content (AvgIpc) is 3.41. The summed E-state index contributed by atoms with van der Waals surface area (Å²) in [6, 6.07) is 0.420. The van der Waals surface area contributed by atoms with Crippen LogP contribution in [0, 0.1) is 6.92 Å². The summed E-state index contributed by atoms with van der Waals surface area (Å²) < 4.78 is 44.0. The van der Waals surface area contributed by atoms with E-state index in [4.69, 9.17) is 19.4 Å². The van der Waals surface area contributed by atoms with Crippen LogP contribution in [0.15, 0.2) is 12.4 Å². The number of likely N-dealkylation sites (tertiary alicyclic amines) is 1. The molecule has 3 saturated heterocycles. The number of aromatic nitrogens is 2. The number of halogens is 3. The fraction of sp³-hybridized carbons (Fsp3) is 0.762. The minimum Gasteiger partial charge on any atom is -0.475 e. The number of hydrogen-bond donors (Lipinski definition) is 1. The SMILES string of the molecule is Cc1cnc(N2CC[C@@H]3O[C@@H](COCCN4CCCC4)CC[C@@H]32)nc1.O=C(O)C(F)(F)F. The lowest BCUT2D eigenvalue weighted by molar-refractivity contribution is -0.192. The number of hydrogen-bond acceptors (Lipinski definition) is 7. The van der Waals surface area contributed by atoms with Crippen LogP contribution in [0.25, 0.3) is 0 Å². The monoisotopic (exact) mass is 460 g/mol. The van der Waals surface area contributed by atoms with Crippen LogP contribution in [-0.2, 0) is 14.3 Å². The topological polar surface area (TPSA) is 88.0 Å². The molecule has 1 N–H and O–H groups in total. The Labute approximate surface area is 185 Å². The Morgan fingerprint density at radius 2 is 1.84 bits per heavy atom. The second-order valence-electron chi connectivity index (χ2n) is 8.41. The van der Waals surface area contributed by atoms with Crippen LogP contribution < -0.4 is 4.90 Å². The summed E-state index contributed by atoms with van der Waals surface area (Å²) >= 11 is 0. The zero-order chi connectivity index (χ0) is 23.1. The van der Waals surface area contributed by atoms with Gasteiger partial charge in [0.2, 0.25) is 5.95 Å². The van der Waals surface area contributed by atoms with Crippen LogP contribution in [0.2, 0.25) is 0 Å². The van der Waals surface area contributed by atoms with Gasteiger partial charge >= 0.3 is 12.1 Å². The van der Waals surface area contributed by atoms with Crippen LogP contribution in [0.4, 0.5) is 19.1 Å². The number of fused-ring (bicyclic) bond motifs is 1. The number of anilines is 1. The van der Waals surface area contributed by atoms with Gasteiger partial charge in [-0.05, 0) is 57.7 Å². The van der Waals surface area contributed by atoms with Crippen LogP contribution in [-0.4, -0.2) is 89.8 Å². The van der Waals surface area contributed by atoms with Crippen molar-refractivity contribution in [2.45, 2.75) is 63.5 Å². The highest BCUT2D eigenvalue weighted by Gasteiger charge is 2.41. The molecule has 0 bridgehead atoms. The largest absolute Gasteiger partial charge is 0.490 e. The Hall–Kier alpha value is -1.98. The maximum absolute atomic E-state index is 10.6. The summed E-state index contributed by atoms with van der Waals surface area (Å²) in [6.45, 7) is 8.12. The first kappa shape index (κ1) is 24.7. The Bertz CT molecular complexity index is 729. The summed E-state index contributed by atoms with van der Waals surface area (Å²) in [5, 5.41) is 7.12. The Morgan fingerprint density at radius 3 is 2.47 bits per heavy atom. The van der Waals surface area contributed by atoms with Crippen molar-refractivity contribution in [3.05, 3.63) is 18.0 Å². The van der Waals surface area contributed by atoms with Crippen molar-refractivity contribution in [3.63, 3.8) is 0 Å². The molecular weight excluding hydrogens is 429 g/mol. The highest BCUT2D eigenvalue weighted by atomic mass is 19.4. The molecule has 0 unspecified atom stereocenters. The smallest absolute Gasteiger partial charge is 0.475 e. The molecule has 3 aliphatic rings. The van der Waals surface area contributed by atoms with Gasteiger partial charge in [0.1, 0.15) is 0 Å². The molecule has 0 spiro atoms. The van der Waals surface area contributed by atoms with Crippen LogP contribution in [0.3, 0.4) is 0 Å². The summed E-state index contributed by atoms with van der Waals surface area (Å²) in [5.74, 6) is -1.91. The van der Waals surface area contributed by atoms with Crippen LogP contribution in [0.1, 0.15) is 37.7 Å². The van der Waals surface area contributed by atoms with Crippen molar-refractivity contribution in [2.75, 3.05) is 44.3 Å². The van der Waals surface area contributed by atoms with E-state index in [0.29, 0.717) is 12.1 Å². The fourth-order valence-corrected chi connectivity index (χ4v) is 4.32. The number of carboxylic acid groups (broad SMARTS) is 1. The van der Waals surface area contributed by atoms with Crippen molar-refractivity contribution in [2.24, 2.45) is 0 Å². The van der Waals surface area contributed by atoms with Gasteiger partial charge in [-0.15, -0.1) is 0 Å². The lowest BCUT2D eigenvalue weighted by Gasteiger charge is -2.35. The van der Waals surface area contributed by atoms with Gasteiger partial charge in [-0.1, -0.05) is 0 Å². The third-order valence-electron chi connectivity index (χ3n) is 5.96. The van der Waals surface area contributed by atoms with E-state index >= 15 is 0 Å². The lowest BCUT2D eigenvalue weighted by Crippen LogP contribution is -2.44. The number of ether oxygens (including phenoxy) is 2. The lowest BCUT2D eigenvalue weighted by atomic mass is 9.99. The van der Waals surface area contributed by atoms with E-state index in [1.807, 2.05) is 19.3 Å². The fourth-order valence-electron chi connectivity index (χ4n) is 4.32. The van der Waals surface area contributed by atoms with Crippen molar-refractivity contribution >= 4 is 11.9 Å². The molecule has 3 aliphatic heterocycles. The maximum Gasteiger partial charge on any atom is 0.490 e. The van der Waals surface area contributed by atoms with Gasteiger partial charge in [0.05, 0.1) is 31.5 Å². The number of aliphatic carboxylic acids is 1. The van der Waals surface area contributed by atoms with E-state index in [1.54, 1.807) is 0 Å². The molecule has 180 valence electrons. The van der Waals surface area contributed by atoms with Crippen molar-refractivity contribution in [1.29, 1.82) is 0 Å². The molecule has 3 atom stereocenters. The quantitative estimate of drug-likeness (QED) is 0.649. The average molecular weight is 460 g/mol. The number of alkyl halides is 3. The molecule has 4 heterocycles. The highest BCUT2D eigenvalue weighted by molar-refractivity contribution is 5.73. The number of aryl methyl sites for hydroxylation is 1. The van der Waals surface area contributed by atoms with Gasteiger partial charge in [0.25, 0.3) is 0 Å². The second-order valence-corrected chi connectivity index (χ2v) is 8.41. The number of rotatable bonds is 6. The molecule has 0 radical (unpaired) electrons. The summed E-state index contributed by atoms with van der Waals surface area (Å²) in [7, 11) is 0. The predicted molar refractivity (Wildman–Crippen MR) is 111 cm³/mol. The summed E-state index contributed by atoms with van der Waals surface area (Å²) in [4.78, 5) is 22.7. The number of carbonyl (C=O) groups is 1. The van der Waals surface area contributed by atoms with Crippen LogP contribution >= 0.6 is 0 Å². The Morgan fingerprint density at radius 1 is 1.19 bits per heavy atom. The first-order valence-corrected chi connectivity index (χ1v) is 11.0. The Kier molecular flexibility index (Phi) is 8.66. The third kappa shape index (κ3) is 7.01. The van der Waals surface area contributed by atoms with Crippen molar-refractivity contribution in [1.82, 2.24) is 14.9 Å². The second kappa shape index (κ2) is 11.2. The zero-order valence-electron chi connectivity index (χ0n) is 18.3. The molecule has 0 aromatic carbocycles. The van der Waals surface area contributed by atoms with Crippen molar-refractivity contribution in [3.8, 4) is 0 Å². The molecule has 32 heavy (non-hydrogen) atoms. The van der Waals surface area contributed by atoms with E-state index in [2.05, 4.69) is 19.8 Å². The van der Waals surface area contributed by atoms with E-state index in [9.17, 15) is 13.2 Å². The molecule has 4 rings (SSSR count). The minimum atomic E-state index is -5.08.